The van der Waals surface area contributed by atoms with Crippen molar-refractivity contribution in [3.8, 4) is 0 Å². The molecule has 4 N–H and O–H groups in total. The number of aryl methyl sites for hydroxylation is 1. The first-order chi connectivity index (χ1) is 8.18. The van der Waals surface area contributed by atoms with Crippen molar-refractivity contribution < 1.29 is 4.79 Å². The molecule has 1 aliphatic heterocycles. The molecule has 0 aromatic carbocycles. The van der Waals surface area contributed by atoms with E-state index in [0.717, 1.165) is 17.9 Å². The lowest BCUT2D eigenvalue weighted by atomic mass is 9.82. The van der Waals surface area contributed by atoms with E-state index in [-0.39, 0.29) is 5.78 Å². The first kappa shape index (κ1) is 11.9. The summed E-state index contributed by atoms with van der Waals surface area (Å²) in [5, 5.41) is 3.32. The predicted octanol–water partition coefficient (Wildman–Crippen LogP) is 1.30. The standard InChI is InChI=1S/C12H14N2O.CH5N/c1-6-4-13-8-3-9(15)12-11(10(6)8)7(2)5-14-12;1-2/h3,5-6,10,13-14H,4H2,1-2H3;2H2,1H3. The Morgan fingerprint density at radius 3 is 2.82 bits per heavy atom. The molecular weight excluding hydrogens is 214 g/mol. The number of fused-ring (bicyclic) bond motifs is 3. The highest BCUT2D eigenvalue weighted by molar-refractivity contribution is 6.06. The summed E-state index contributed by atoms with van der Waals surface area (Å²) in [6, 6.07) is 0. The lowest BCUT2D eigenvalue weighted by molar-refractivity contribution is 0.103. The Hall–Kier alpha value is -1.55. The fraction of sp³-hybridized carbons (Fsp3) is 0.462. The zero-order valence-electron chi connectivity index (χ0n) is 10.5. The topological polar surface area (TPSA) is 70.9 Å². The number of aromatic nitrogens is 1. The minimum Gasteiger partial charge on any atom is -0.387 e. The van der Waals surface area contributed by atoms with Crippen LogP contribution in [0.2, 0.25) is 0 Å². The van der Waals surface area contributed by atoms with Gasteiger partial charge in [-0.2, -0.15) is 0 Å². The molecule has 0 amide bonds. The number of rotatable bonds is 0. The summed E-state index contributed by atoms with van der Waals surface area (Å²) in [7, 11) is 1.50. The Morgan fingerprint density at radius 1 is 1.41 bits per heavy atom. The third-order valence-corrected chi connectivity index (χ3v) is 3.50. The van der Waals surface area contributed by atoms with Gasteiger partial charge in [-0.05, 0) is 31.0 Å². The maximum Gasteiger partial charge on any atom is 0.204 e. The summed E-state index contributed by atoms with van der Waals surface area (Å²) < 4.78 is 0. The molecule has 2 atom stereocenters. The van der Waals surface area contributed by atoms with Gasteiger partial charge < -0.3 is 16.0 Å². The van der Waals surface area contributed by atoms with Crippen molar-refractivity contribution in [1.29, 1.82) is 0 Å². The van der Waals surface area contributed by atoms with Gasteiger partial charge in [0.05, 0.1) is 5.69 Å². The van der Waals surface area contributed by atoms with Crippen LogP contribution < -0.4 is 11.1 Å². The molecule has 2 heterocycles. The van der Waals surface area contributed by atoms with Crippen LogP contribution in [-0.2, 0) is 0 Å². The molecule has 1 saturated heterocycles. The predicted molar refractivity (Wildman–Crippen MR) is 68.0 cm³/mol. The summed E-state index contributed by atoms with van der Waals surface area (Å²) in [6.45, 7) is 5.26. The molecule has 3 rings (SSSR count). The van der Waals surface area contributed by atoms with Crippen molar-refractivity contribution in [2.24, 2.45) is 11.7 Å². The summed E-state index contributed by atoms with van der Waals surface area (Å²) >= 11 is 0. The maximum atomic E-state index is 11.8. The van der Waals surface area contributed by atoms with Crippen LogP contribution in [0, 0.1) is 12.8 Å². The second kappa shape index (κ2) is 4.37. The van der Waals surface area contributed by atoms with Crippen molar-refractivity contribution in [2.45, 2.75) is 19.8 Å². The molecule has 2 aliphatic rings. The van der Waals surface area contributed by atoms with Gasteiger partial charge in [0.15, 0.2) is 0 Å². The van der Waals surface area contributed by atoms with Crippen LogP contribution in [0.4, 0.5) is 0 Å². The number of hydrogen-bond donors (Lipinski definition) is 3. The van der Waals surface area contributed by atoms with Gasteiger partial charge in [0.25, 0.3) is 0 Å². The number of nitrogens with two attached hydrogens (primary N) is 1. The Balaban J connectivity index is 0.000000514. The molecule has 17 heavy (non-hydrogen) atoms. The van der Waals surface area contributed by atoms with Gasteiger partial charge in [-0.25, -0.2) is 0 Å². The highest BCUT2D eigenvalue weighted by Crippen LogP contribution is 2.41. The van der Waals surface area contributed by atoms with Crippen LogP contribution in [0.3, 0.4) is 0 Å². The number of nitrogens with one attached hydrogen (secondary N) is 2. The van der Waals surface area contributed by atoms with E-state index in [0.29, 0.717) is 11.8 Å². The van der Waals surface area contributed by atoms with Gasteiger partial charge in [0, 0.05) is 30.4 Å². The number of hydrogen-bond acceptors (Lipinski definition) is 3. The second-order valence-electron chi connectivity index (χ2n) is 4.56. The molecule has 0 spiro atoms. The van der Waals surface area contributed by atoms with E-state index in [2.05, 4.69) is 29.9 Å². The van der Waals surface area contributed by atoms with Crippen LogP contribution in [-0.4, -0.2) is 24.4 Å². The fourth-order valence-electron chi connectivity index (χ4n) is 2.75. The Kier molecular flexibility index (Phi) is 3.07. The van der Waals surface area contributed by atoms with Crippen molar-refractivity contribution >= 4 is 5.78 Å². The molecular formula is C13H19N3O. The molecule has 1 aliphatic carbocycles. The van der Waals surface area contributed by atoms with E-state index >= 15 is 0 Å². The van der Waals surface area contributed by atoms with Crippen LogP contribution in [0.15, 0.2) is 18.0 Å². The highest BCUT2D eigenvalue weighted by atomic mass is 16.1. The average Bonchev–Trinajstić information content (AvgIpc) is 2.87. The van der Waals surface area contributed by atoms with E-state index in [1.165, 1.54) is 18.2 Å². The molecule has 1 fully saturated rings. The number of carbonyl (C=O) groups excluding carboxylic acids is 1. The molecule has 4 heteroatoms. The smallest absolute Gasteiger partial charge is 0.204 e. The number of carbonyl (C=O) groups is 1. The van der Waals surface area contributed by atoms with Crippen molar-refractivity contribution in [3.63, 3.8) is 0 Å². The molecule has 92 valence electrons. The maximum absolute atomic E-state index is 11.8. The average molecular weight is 233 g/mol. The van der Waals surface area contributed by atoms with Crippen LogP contribution >= 0.6 is 0 Å². The van der Waals surface area contributed by atoms with E-state index in [4.69, 9.17) is 0 Å². The van der Waals surface area contributed by atoms with E-state index in [1.807, 2.05) is 6.20 Å². The molecule has 1 aromatic heterocycles. The quantitative estimate of drug-likeness (QED) is 0.632. The molecule has 0 radical (unpaired) electrons. The van der Waals surface area contributed by atoms with Crippen molar-refractivity contribution in [1.82, 2.24) is 10.3 Å². The molecule has 0 bridgehead atoms. The summed E-state index contributed by atoms with van der Waals surface area (Å²) in [4.78, 5) is 14.9. The largest absolute Gasteiger partial charge is 0.387 e. The third-order valence-electron chi connectivity index (χ3n) is 3.50. The van der Waals surface area contributed by atoms with Gasteiger partial charge >= 0.3 is 0 Å². The van der Waals surface area contributed by atoms with Crippen molar-refractivity contribution in [3.05, 3.63) is 34.8 Å². The molecule has 1 aromatic rings. The molecule has 4 nitrogen and oxygen atoms in total. The van der Waals surface area contributed by atoms with Crippen LogP contribution in [0.1, 0.15) is 34.5 Å². The van der Waals surface area contributed by atoms with Gasteiger partial charge in [-0.1, -0.05) is 6.92 Å². The van der Waals surface area contributed by atoms with Gasteiger partial charge in [0.2, 0.25) is 5.78 Å². The lowest BCUT2D eigenvalue weighted by Crippen LogP contribution is -2.17. The summed E-state index contributed by atoms with van der Waals surface area (Å²) in [5.74, 6) is 1.06. The second-order valence-corrected chi connectivity index (χ2v) is 4.56. The Labute approximate surface area is 101 Å². The Morgan fingerprint density at radius 2 is 2.12 bits per heavy atom. The SMILES string of the molecule is CN.Cc1c[nH]c2c1C1C(=CC2=O)NCC1C. The summed E-state index contributed by atoms with van der Waals surface area (Å²) in [6.07, 6.45) is 3.68. The minimum absolute atomic E-state index is 0.103. The normalized spacial score (nSPS) is 25.2. The lowest BCUT2D eigenvalue weighted by Gasteiger charge is -2.21. The summed E-state index contributed by atoms with van der Waals surface area (Å²) in [5.41, 5.74) is 8.79. The number of ketones is 1. The van der Waals surface area contributed by atoms with Crippen LogP contribution in [0.5, 0.6) is 0 Å². The monoisotopic (exact) mass is 233 g/mol. The minimum atomic E-state index is 0.103. The first-order valence-corrected chi connectivity index (χ1v) is 5.94. The van der Waals surface area contributed by atoms with E-state index < -0.39 is 0 Å². The fourth-order valence-corrected chi connectivity index (χ4v) is 2.75. The molecule has 2 unspecified atom stereocenters. The first-order valence-electron chi connectivity index (χ1n) is 5.94. The van der Waals surface area contributed by atoms with E-state index in [9.17, 15) is 4.79 Å². The zero-order chi connectivity index (χ0) is 12.6. The number of H-pyrrole nitrogens is 1. The number of allylic oxidation sites excluding steroid dienone is 2. The highest BCUT2D eigenvalue weighted by Gasteiger charge is 2.37. The zero-order valence-corrected chi connectivity index (χ0v) is 10.5. The molecule has 0 saturated carbocycles. The van der Waals surface area contributed by atoms with E-state index in [1.54, 1.807) is 6.08 Å². The van der Waals surface area contributed by atoms with Gasteiger partial charge in [0.1, 0.15) is 0 Å². The van der Waals surface area contributed by atoms with Crippen LogP contribution in [0.25, 0.3) is 0 Å². The number of aromatic amines is 1. The van der Waals surface area contributed by atoms with Gasteiger partial charge in [-0.15, -0.1) is 0 Å². The van der Waals surface area contributed by atoms with Crippen molar-refractivity contribution in [2.75, 3.05) is 13.6 Å². The Bertz CT molecular complexity index is 473. The third kappa shape index (κ3) is 1.69. The van der Waals surface area contributed by atoms with Gasteiger partial charge in [-0.3, -0.25) is 4.79 Å².